The normalized spacial score (nSPS) is 11.2. The van der Waals surface area contributed by atoms with E-state index in [0.717, 1.165) is 43.0 Å². The van der Waals surface area contributed by atoms with Crippen LogP contribution in [0.3, 0.4) is 0 Å². The Kier molecular flexibility index (Phi) is 5.93. The van der Waals surface area contributed by atoms with Gasteiger partial charge in [0.15, 0.2) is 0 Å². The highest BCUT2D eigenvalue weighted by atomic mass is 15.3. The van der Waals surface area contributed by atoms with E-state index in [1.165, 1.54) is 5.56 Å². The second-order valence-corrected chi connectivity index (χ2v) is 6.36. The molecular weight excluding hydrogens is 310 g/mol. The van der Waals surface area contributed by atoms with Gasteiger partial charge < -0.3 is 10.2 Å². The third-order valence-corrected chi connectivity index (χ3v) is 4.02. The number of hydrogen-bond donors (Lipinski definition) is 1. The van der Waals surface area contributed by atoms with Crippen molar-refractivity contribution >= 4 is 0 Å². The minimum atomic E-state index is 0.796. The van der Waals surface area contributed by atoms with Crippen LogP contribution in [0.2, 0.25) is 0 Å². The summed E-state index contributed by atoms with van der Waals surface area (Å²) in [5.74, 6) is 0. The van der Waals surface area contributed by atoms with Crippen molar-refractivity contribution in [3.8, 4) is 16.9 Å². The minimum absolute atomic E-state index is 0.796. The van der Waals surface area contributed by atoms with Gasteiger partial charge in [-0.1, -0.05) is 18.2 Å². The summed E-state index contributed by atoms with van der Waals surface area (Å²) >= 11 is 0. The molecule has 3 aromatic rings. The first-order valence-corrected chi connectivity index (χ1v) is 8.64. The maximum atomic E-state index is 4.81. The summed E-state index contributed by atoms with van der Waals surface area (Å²) in [6.07, 6.45) is 6.89. The lowest BCUT2D eigenvalue weighted by Crippen LogP contribution is -2.21. The van der Waals surface area contributed by atoms with Gasteiger partial charge in [0.1, 0.15) is 0 Å². The molecule has 0 amide bonds. The molecule has 0 saturated carbocycles. The Labute approximate surface area is 149 Å². The van der Waals surface area contributed by atoms with Crippen molar-refractivity contribution < 1.29 is 0 Å². The Bertz CT molecular complexity index is 765. The maximum absolute atomic E-state index is 4.81. The van der Waals surface area contributed by atoms with Crippen LogP contribution in [0.15, 0.2) is 61.1 Å². The first-order chi connectivity index (χ1) is 12.2. The summed E-state index contributed by atoms with van der Waals surface area (Å²) < 4.78 is 1.94. The average Bonchev–Trinajstić information content (AvgIpc) is 3.07. The third-order valence-electron chi connectivity index (χ3n) is 4.02. The monoisotopic (exact) mass is 335 g/mol. The Morgan fingerprint density at radius 2 is 1.92 bits per heavy atom. The molecule has 0 aliphatic rings. The van der Waals surface area contributed by atoms with Crippen molar-refractivity contribution in [1.82, 2.24) is 25.0 Å². The van der Waals surface area contributed by atoms with Crippen LogP contribution in [0.1, 0.15) is 12.0 Å². The molecule has 25 heavy (non-hydrogen) atoms. The van der Waals surface area contributed by atoms with E-state index < -0.39 is 0 Å². The predicted octanol–water partition coefficient (Wildman–Crippen LogP) is 2.98. The Morgan fingerprint density at radius 1 is 1.08 bits per heavy atom. The molecule has 130 valence electrons. The molecule has 0 fully saturated rings. The van der Waals surface area contributed by atoms with Crippen LogP contribution in [-0.2, 0) is 6.54 Å². The van der Waals surface area contributed by atoms with Gasteiger partial charge in [-0.15, -0.1) is 0 Å². The molecule has 0 aliphatic heterocycles. The van der Waals surface area contributed by atoms with Crippen LogP contribution in [0, 0.1) is 0 Å². The van der Waals surface area contributed by atoms with Gasteiger partial charge in [-0.25, -0.2) is 4.68 Å². The number of rotatable bonds is 8. The standard InChI is InChI=1S/C20H25N5/c1-24(2)13-7-12-22-15-18-16-25(19-9-4-3-5-10-19)23-20(18)17-8-6-11-21-14-17/h3-6,8-11,14,16,22H,7,12-13,15H2,1-2H3. The van der Waals surface area contributed by atoms with Crippen molar-refractivity contribution in [3.05, 3.63) is 66.6 Å². The summed E-state index contributed by atoms with van der Waals surface area (Å²) in [5.41, 5.74) is 4.27. The Hall–Kier alpha value is -2.50. The van der Waals surface area contributed by atoms with E-state index in [1.807, 2.05) is 35.1 Å². The van der Waals surface area contributed by atoms with Crippen LogP contribution < -0.4 is 5.32 Å². The minimum Gasteiger partial charge on any atom is -0.312 e. The van der Waals surface area contributed by atoms with Crippen molar-refractivity contribution in [1.29, 1.82) is 0 Å². The predicted molar refractivity (Wildman–Crippen MR) is 102 cm³/mol. The fourth-order valence-corrected chi connectivity index (χ4v) is 2.74. The topological polar surface area (TPSA) is 46.0 Å². The molecule has 2 aromatic heterocycles. The average molecular weight is 335 g/mol. The van der Waals surface area contributed by atoms with E-state index in [9.17, 15) is 0 Å². The van der Waals surface area contributed by atoms with Gasteiger partial charge in [0, 0.05) is 36.3 Å². The number of para-hydroxylation sites is 1. The van der Waals surface area contributed by atoms with Crippen molar-refractivity contribution in [2.75, 3.05) is 27.2 Å². The first-order valence-electron chi connectivity index (χ1n) is 8.64. The maximum Gasteiger partial charge on any atom is 0.0988 e. The quantitative estimate of drug-likeness (QED) is 0.643. The van der Waals surface area contributed by atoms with E-state index in [-0.39, 0.29) is 0 Å². The third kappa shape index (κ3) is 4.75. The summed E-state index contributed by atoms with van der Waals surface area (Å²) in [4.78, 5) is 6.44. The molecule has 1 N–H and O–H groups in total. The lowest BCUT2D eigenvalue weighted by atomic mass is 10.1. The van der Waals surface area contributed by atoms with Gasteiger partial charge in [-0.2, -0.15) is 5.10 Å². The van der Waals surface area contributed by atoms with Gasteiger partial charge in [-0.3, -0.25) is 4.98 Å². The van der Waals surface area contributed by atoms with E-state index in [1.54, 1.807) is 6.20 Å². The molecule has 0 atom stereocenters. The van der Waals surface area contributed by atoms with E-state index in [0.29, 0.717) is 0 Å². The Balaban J connectivity index is 1.79. The van der Waals surface area contributed by atoms with Crippen molar-refractivity contribution in [2.24, 2.45) is 0 Å². The summed E-state index contributed by atoms with van der Waals surface area (Å²) in [5, 5.41) is 8.34. The van der Waals surface area contributed by atoms with Gasteiger partial charge in [-0.05, 0) is 57.9 Å². The lowest BCUT2D eigenvalue weighted by Gasteiger charge is -2.09. The lowest BCUT2D eigenvalue weighted by molar-refractivity contribution is 0.394. The molecule has 2 heterocycles. The van der Waals surface area contributed by atoms with Gasteiger partial charge in [0.05, 0.1) is 11.4 Å². The molecule has 0 saturated heterocycles. The fourth-order valence-electron chi connectivity index (χ4n) is 2.74. The van der Waals surface area contributed by atoms with Gasteiger partial charge in [0.2, 0.25) is 0 Å². The molecule has 0 spiro atoms. The first kappa shape index (κ1) is 17.3. The summed E-state index contributed by atoms with van der Waals surface area (Å²) in [7, 11) is 4.20. The molecule has 0 aliphatic carbocycles. The largest absolute Gasteiger partial charge is 0.312 e. The molecule has 0 bridgehead atoms. The van der Waals surface area contributed by atoms with Gasteiger partial charge >= 0.3 is 0 Å². The molecular formula is C20H25N5. The van der Waals surface area contributed by atoms with Crippen LogP contribution in [0.4, 0.5) is 0 Å². The zero-order chi connectivity index (χ0) is 17.5. The second-order valence-electron chi connectivity index (χ2n) is 6.36. The number of benzene rings is 1. The molecule has 0 radical (unpaired) electrons. The zero-order valence-corrected chi connectivity index (χ0v) is 14.9. The highest BCUT2D eigenvalue weighted by Crippen LogP contribution is 2.22. The smallest absolute Gasteiger partial charge is 0.0988 e. The number of hydrogen-bond acceptors (Lipinski definition) is 4. The van der Waals surface area contributed by atoms with Crippen LogP contribution >= 0.6 is 0 Å². The molecule has 3 rings (SSSR count). The highest BCUT2D eigenvalue weighted by Gasteiger charge is 2.12. The number of pyridine rings is 1. The van der Waals surface area contributed by atoms with E-state index >= 15 is 0 Å². The van der Waals surface area contributed by atoms with Crippen molar-refractivity contribution in [3.63, 3.8) is 0 Å². The molecule has 5 nitrogen and oxygen atoms in total. The number of nitrogens with zero attached hydrogens (tertiary/aromatic N) is 4. The number of aromatic nitrogens is 3. The zero-order valence-electron chi connectivity index (χ0n) is 14.9. The fraction of sp³-hybridized carbons (Fsp3) is 0.300. The van der Waals surface area contributed by atoms with Crippen LogP contribution in [0.5, 0.6) is 0 Å². The number of nitrogens with one attached hydrogen (secondary N) is 1. The second kappa shape index (κ2) is 8.55. The Morgan fingerprint density at radius 3 is 2.64 bits per heavy atom. The summed E-state index contributed by atoms with van der Waals surface area (Å²) in [6.45, 7) is 2.87. The van der Waals surface area contributed by atoms with Crippen LogP contribution in [0.25, 0.3) is 16.9 Å². The van der Waals surface area contributed by atoms with Crippen molar-refractivity contribution in [2.45, 2.75) is 13.0 Å². The van der Waals surface area contributed by atoms with Gasteiger partial charge in [0.25, 0.3) is 0 Å². The molecule has 1 aromatic carbocycles. The SMILES string of the molecule is CN(C)CCCNCc1cn(-c2ccccc2)nc1-c1cccnc1. The summed E-state index contributed by atoms with van der Waals surface area (Å²) in [6, 6.07) is 14.2. The molecule has 5 heteroatoms. The van der Waals surface area contributed by atoms with E-state index in [2.05, 4.69) is 53.7 Å². The van der Waals surface area contributed by atoms with E-state index in [4.69, 9.17) is 5.10 Å². The van der Waals surface area contributed by atoms with Crippen LogP contribution in [-0.4, -0.2) is 46.8 Å². The molecule has 0 unspecified atom stereocenters. The highest BCUT2D eigenvalue weighted by molar-refractivity contribution is 5.62.